The number of aromatic nitrogens is 2. The van der Waals surface area contributed by atoms with Crippen molar-refractivity contribution in [2.75, 3.05) is 18.0 Å². The molecule has 1 aromatic heterocycles. The average molecular weight is 304 g/mol. The van der Waals surface area contributed by atoms with Crippen LogP contribution < -0.4 is 10.5 Å². The van der Waals surface area contributed by atoms with Crippen molar-refractivity contribution in [3.8, 4) is 0 Å². The van der Waals surface area contributed by atoms with Gasteiger partial charge in [0.15, 0.2) is 0 Å². The quantitative estimate of drug-likeness (QED) is 0.927. The summed E-state index contributed by atoms with van der Waals surface area (Å²) in [6.07, 6.45) is 4.96. The van der Waals surface area contributed by atoms with Gasteiger partial charge in [-0.1, -0.05) is 41.9 Å². The van der Waals surface area contributed by atoms with Gasteiger partial charge >= 0.3 is 0 Å². The lowest BCUT2D eigenvalue weighted by Crippen LogP contribution is -2.26. The van der Waals surface area contributed by atoms with Crippen molar-refractivity contribution < 1.29 is 0 Å². The zero-order valence-electron chi connectivity index (χ0n) is 11.8. The Morgan fingerprint density at radius 1 is 1.19 bits per heavy atom. The number of hydrogen-bond acceptors (Lipinski definition) is 3. The largest absolute Gasteiger partial charge is 0.369 e. The highest BCUT2D eigenvalue weighted by Crippen LogP contribution is 2.31. The van der Waals surface area contributed by atoms with Crippen molar-refractivity contribution in [1.82, 2.24) is 10.2 Å². The summed E-state index contributed by atoms with van der Waals surface area (Å²) >= 11 is 6.11. The standard InChI is InChI=1S/C16H18ClN3O/c17-15-14(11-18-19-16(15)21)20-9-4-7-13(8-10-20)12-5-2-1-3-6-12/h1-3,5-6,11,13H,4,7-10H2,(H,19,21). The minimum Gasteiger partial charge on any atom is -0.369 e. The van der Waals surface area contributed by atoms with Crippen LogP contribution in [0.25, 0.3) is 0 Å². The molecule has 0 amide bonds. The van der Waals surface area contributed by atoms with Gasteiger partial charge in [0.25, 0.3) is 5.56 Å². The summed E-state index contributed by atoms with van der Waals surface area (Å²) < 4.78 is 0. The molecule has 21 heavy (non-hydrogen) atoms. The summed E-state index contributed by atoms with van der Waals surface area (Å²) in [7, 11) is 0. The van der Waals surface area contributed by atoms with Crippen LogP contribution in [0.4, 0.5) is 5.69 Å². The first-order valence-corrected chi connectivity index (χ1v) is 7.66. The smallest absolute Gasteiger partial charge is 0.285 e. The van der Waals surface area contributed by atoms with Gasteiger partial charge in [-0.05, 0) is 30.7 Å². The van der Waals surface area contributed by atoms with Gasteiger partial charge in [0.2, 0.25) is 0 Å². The van der Waals surface area contributed by atoms with Gasteiger partial charge in [-0.25, -0.2) is 5.10 Å². The minimum atomic E-state index is -0.321. The highest BCUT2D eigenvalue weighted by molar-refractivity contribution is 6.32. The third kappa shape index (κ3) is 3.10. The Kier molecular flexibility index (Phi) is 4.25. The number of H-pyrrole nitrogens is 1. The molecule has 2 aromatic rings. The van der Waals surface area contributed by atoms with E-state index < -0.39 is 0 Å². The Morgan fingerprint density at radius 2 is 2.00 bits per heavy atom. The van der Waals surface area contributed by atoms with Crippen LogP contribution in [0.15, 0.2) is 41.3 Å². The Balaban J connectivity index is 1.77. The SMILES string of the molecule is O=c1[nH]ncc(N2CCCC(c3ccccc3)CC2)c1Cl. The van der Waals surface area contributed by atoms with E-state index >= 15 is 0 Å². The van der Waals surface area contributed by atoms with Gasteiger partial charge in [0.1, 0.15) is 5.02 Å². The van der Waals surface area contributed by atoms with Gasteiger partial charge in [0.05, 0.1) is 11.9 Å². The number of aromatic amines is 1. The molecule has 0 radical (unpaired) electrons. The fourth-order valence-corrected chi connectivity index (χ4v) is 3.20. The predicted octanol–water partition coefficient (Wildman–Crippen LogP) is 3.20. The second-order valence-corrected chi connectivity index (χ2v) is 5.80. The molecule has 1 aliphatic rings. The van der Waals surface area contributed by atoms with Gasteiger partial charge in [-0.2, -0.15) is 5.10 Å². The molecule has 1 atom stereocenters. The number of benzene rings is 1. The van der Waals surface area contributed by atoms with Gasteiger partial charge in [-0.15, -0.1) is 0 Å². The molecule has 1 N–H and O–H groups in total. The lowest BCUT2D eigenvalue weighted by atomic mass is 9.92. The second kappa shape index (κ2) is 6.31. The Bertz CT molecular complexity index is 656. The first kappa shape index (κ1) is 14.1. The summed E-state index contributed by atoms with van der Waals surface area (Å²) in [6.45, 7) is 1.80. The van der Waals surface area contributed by atoms with E-state index in [1.165, 1.54) is 5.56 Å². The highest BCUT2D eigenvalue weighted by Gasteiger charge is 2.20. The number of nitrogens with zero attached hydrogens (tertiary/aromatic N) is 2. The summed E-state index contributed by atoms with van der Waals surface area (Å²) in [5.41, 5.74) is 1.82. The fraction of sp³-hybridized carbons (Fsp3) is 0.375. The molecule has 5 heteroatoms. The molecule has 0 spiro atoms. The minimum absolute atomic E-state index is 0.239. The van der Waals surface area contributed by atoms with E-state index in [0.29, 0.717) is 5.92 Å². The van der Waals surface area contributed by atoms with E-state index in [9.17, 15) is 4.79 Å². The van der Waals surface area contributed by atoms with Crippen molar-refractivity contribution in [3.63, 3.8) is 0 Å². The molecule has 1 saturated heterocycles. The predicted molar refractivity (Wildman–Crippen MR) is 85.1 cm³/mol. The van der Waals surface area contributed by atoms with Crippen LogP contribution in [0.5, 0.6) is 0 Å². The molecule has 1 unspecified atom stereocenters. The maximum Gasteiger partial charge on any atom is 0.285 e. The summed E-state index contributed by atoms with van der Waals surface area (Å²) in [6, 6.07) is 10.6. The van der Waals surface area contributed by atoms with Crippen molar-refractivity contribution >= 4 is 17.3 Å². The van der Waals surface area contributed by atoms with Crippen LogP contribution in [0, 0.1) is 0 Å². The van der Waals surface area contributed by atoms with E-state index in [-0.39, 0.29) is 10.6 Å². The average Bonchev–Trinajstić information content (AvgIpc) is 2.77. The highest BCUT2D eigenvalue weighted by atomic mass is 35.5. The lowest BCUT2D eigenvalue weighted by Gasteiger charge is -2.23. The van der Waals surface area contributed by atoms with Crippen LogP contribution in [0.2, 0.25) is 5.02 Å². The first-order chi connectivity index (χ1) is 10.3. The van der Waals surface area contributed by atoms with E-state index in [1.54, 1.807) is 6.20 Å². The number of halogens is 1. The fourth-order valence-electron chi connectivity index (χ4n) is 2.99. The van der Waals surface area contributed by atoms with Gasteiger partial charge < -0.3 is 4.90 Å². The molecule has 0 bridgehead atoms. The molecule has 2 heterocycles. The van der Waals surface area contributed by atoms with Crippen molar-refractivity contribution in [2.24, 2.45) is 0 Å². The molecule has 1 aliphatic heterocycles. The maximum atomic E-state index is 11.6. The topological polar surface area (TPSA) is 49.0 Å². The van der Waals surface area contributed by atoms with Crippen molar-refractivity contribution in [3.05, 3.63) is 57.5 Å². The van der Waals surface area contributed by atoms with Crippen LogP contribution in [0.3, 0.4) is 0 Å². The lowest BCUT2D eigenvalue weighted by molar-refractivity contribution is 0.612. The van der Waals surface area contributed by atoms with E-state index in [2.05, 4.69) is 39.4 Å². The second-order valence-electron chi connectivity index (χ2n) is 5.42. The molecule has 110 valence electrons. The summed E-state index contributed by atoms with van der Waals surface area (Å²) in [5.74, 6) is 0.574. The molecule has 1 fully saturated rings. The van der Waals surface area contributed by atoms with E-state index in [4.69, 9.17) is 11.6 Å². The zero-order chi connectivity index (χ0) is 14.7. The third-order valence-electron chi connectivity index (χ3n) is 4.12. The Hall–Kier alpha value is -1.81. The molecular weight excluding hydrogens is 286 g/mol. The third-order valence-corrected chi connectivity index (χ3v) is 4.48. The number of hydrogen-bond donors (Lipinski definition) is 1. The number of anilines is 1. The molecule has 0 aliphatic carbocycles. The number of rotatable bonds is 2. The van der Waals surface area contributed by atoms with Gasteiger partial charge in [-0.3, -0.25) is 4.79 Å². The molecular formula is C16H18ClN3O. The van der Waals surface area contributed by atoms with E-state index in [0.717, 1.165) is 38.0 Å². The van der Waals surface area contributed by atoms with Crippen molar-refractivity contribution in [2.45, 2.75) is 25.2 Å². The maximum absolute atomic E-state index is 11.6. The summed E-state index contributed by atoms with van der Waals surface area (Å²) in [5, 5.41) is 6.47. The zero-order valence-corrected chi connectivity index (χ0v) is 12.5. The van der Waals surface area contributed by atoms with Crippen LogP contribution >= 0.6 is 11.6 Å². The van der Waals surface area contributed by atoms with Crippen molar-refractivity contribution in [1.29, 1.82) is 0 Å². The number of nitrogens with one attached hydrogen (secondary N) is 1. The summed E-state index contributed by atoms with van der Waals surface area (Å²) in [4.78, 5) is 13.8. The first-order valence-electron chi connectivity index (χ1n) is 7.29. The molecule has 3 rings (SSSR count). The van der Waals surface area contributed by atoms with Crippen LogP contribution in [-0.4, -0.2) is 23.3 Å². The van der Waals surface area contributed by atoms with Crippen LogP contribution in [-0.2, 0) is 0 Å². The van der Waals surface area contributed by atoms with Crippen LogP contribution in [0.1, 0.15) is 30.7 Å². The molecule has 1 aromatic carbocycles. The van der Waals surface area contributed by atoms with E-state index in [1.807, 2.05) is 6.07 Å². The Morgan fingerprint density at radius 3 is 2.81 bits per heavy atom. The monoisotopic (exact) mass is 303 g/mol. The van der Waals surface area contributed by atoms with Gasteiger partial charge in [0, 0.05) is 13.1 Å². The molecule has 0 saturated carbocycles. The Labute approximate surface area is 128 Å². The normalized spacial score (nSPS) is 19.3. The molecule has 4 nitrogen and oxygen atoms in total.